The van der Waals surface area contributed by atoms with E-state index in [2.05, 4.69) is 19.8 Å². The monoisotopic (exact) mass is 538 g/mol. The van der Waals surface area contributed by atoms with Gasteiger partial charge in [-0.15, -0.1) is 13.2 Å². The zero-order chi connectivity index (χ0) is 26.3. The molecule has 2 N–H and O–H groups in total. The van der Waals surface area contributed by atoms with Crippen molar-refractivity contribution in [1.82, 2.24) is 19.7 Å². The molecule has 0 radical (unpaired) electrons. The van der Waals surface area contributed by atoms with E-state index in [4.69, 9.17) is 11.6 Å². The van der Waals surface area contributed by atoms with Crippen molar-refractivity contribution in [3.05, 3.63) is 50.2 Å². The number of aliphatic hydroxyl groups is 1. The van der Waals surface area contributed by atoms with Crippen molar-refractivity contribution in [2.75, 3.05) is 0 Å². The van der Waals surface area contributed by atoms with Crippen LogP contribution in [0.1, 0.15) is 61.2 Å². The lowest BCUT2D eigenvalue weighted by Gasteiger charge is -2.20. The smallest absolute Gasteiger partial charge is 0.404 e. The predicted molar refractivity (Wildman–Crippen MR) is 129 cm³/mol. The number of benzene rings is 1. The Morgan fingerprint density at radius 3 is 2.65 bits per heavy atom. The fraction of sp³-hybridized carbons (Fsp3) is 0.520. The molecule has 0 saturated heterocycles. The molecule has 2 aliphatic carbocycles. The first-order chi connectivity index (χ1) is 17.6. The van der Waals surface area contributed by atoms with E-state index in [1.54, 1.807) is 0 Å². The molecule has 0 unspecified atom stereocenters. The molecule has 5 rings (SSSR count). The number of ketones is 1. The normalized spacial score (nSPS) is 19.8. The first-order valence-corrected chi connectivity index (χ1v) is 12.7. The SMILES string of the molecule is O=C(C[C@H]1CCC[C@@H]1O)Cn1nc(Cc2nc3cc(OC(F)(F)F)c(Cl)cc3[nH]2)c2c(c1=O)CCCC2. The Kier molecular flexibility index (Phi) is 7.01. The number of H-pyrrole nitrogens is 1. The van der Waals surface area contributed by atoms with Crippen LogP contribution in [0.15, 0.2) is 16.9 Å². The summed E-state index contributed by atoms with van der Waals surface area (Å²) >= 11 is 5.96. The van der Waals surface area contributed by atoms with Crippen molar-refractivity contribution in [2.45, 2.75) is 76.8 Å². The number of hydrogen-bond donors (Lipinski definition) is 2. The molecule has 1 fully saturated rings. The van der Waals surface area contributed by atoms with Gasteiger partial charge in [-0.05, 0) is 56.1 Å². The number of halogens is 4. The maximum Gasteiger partial charge on any atom is 0.573 e. The summed E-state index contributed by atoms with van der Waals surface area (Å²) in [6.45, 7) is -0.170. The highest BCUT2D eigenvalue weighted by Crippen LogP contribution is 2.34. The highest BCUT2D eigenvalue weighted by Gasteiger charge is 2.32. The van der Waals surface area contributed by atoms with Crippen molar-refractivity contribution in [1.29, 1.82) is 0 Å². The number of rotatable bonds is 7. The third-order valence-electron chi connectivity index (χ3n) is 7.13. The van der Waals surface area contributed by atoms with E-state index in [9.17, 15) is 27.9 Å². The van der Waals surface area contributed by atoms with Crippen LogP contribution >= 0.6 is 11.6 Å². The summed E-state index contributed by atoms with van der Waals surface area (Å²) in [6.07, 6.45) is 0.398. The van der Waals surface area contributed by atoms with E-state index in [1.165, 1.54) is 10.7 Å². The molecule has 8 nitrogen and oxygen atoms in total. The van der Waals surface area contributed by atoms with Crippen molar-refractivity contribution in [2.24, 2.45) is 5.92 Å². The maximum atomic E-state index is 13.1. The largest absolute Gasteiger partial charge is 0.573 e. The zero-order valence-electron chi connectivity index (χ0n) is 19.9. The minimum Gasteiger partial charge on any atom is -0.404 e. The topological polar surface area (TPSA) is 110 Å². The molecular formula is C25H26ClF3N4O4. The van der Waals surface area contributed by atoms with Crippen LogP contribution in [0.4, 0.5) is 13.2 Å². The van der Waals surface area contributed by atoms with Gasteiger partial charge in [-0.1, -0.05) is 18.0 Å². The number of aromatic amines is 1. The van der Waals surface area contributed by atoms with Crippen molar-refractivity contribution >= 4 is 28.4 Å². The van der Waals surface area contributed by atoms with E-state index >= 15 is 0 Å². The molecule has 2 aliphatic rings. The van der Waals surface area contributed by atoms with Gasteiger partial charge in [-0.2, -0.15) is 5.10 Å². The van der Waals surface area contributed by atoms with Crippen LogP contribution in [0.3, 0.4) is 0 Å². The van der Waals surface area contributed by atoms with Crippen LogP contribution in [0, 0.1) is 5.92 Å². The van der Waals surface area contributed by atoms with Gasteiger partial charge in [0.1, 0.15) is 18.1 Å². The second kappa shape index (κ2) is 10.1. The van der Waals surface area contributed by atoms with E-state index in [1.807, 2.05) is 0 Å². The molecule has 2 aromatic heterocycles. The second-order valence-electron chi connectivity index (χ2n) is 9.78. The molecule has 0 aliphatic heterocycles. The summed E-state index contributed by atoms with van der Waals surface area (Å²) in [4.78, 5) is 33.3. The van der Waals surface area contributed by atoms with Crippen molar-refractivity contribution in [3.63, 3.8) is 0 Å². The van der Waals surface area contributed by atoms with E-state index in [-0.39, 0.29) is 47.2 Å². The number of nitrogens with one attached hydrogen (secondary N) is 1. The lowest BCUT2D eigenvalue weighted by atomic mass is 9.91. The van der Waals surface area contributed by atoms with Gasteiger partial charge >= 0.3 is 6.36 Å². The minimum atomic E-state index is -4.89. The lowest BCUT2D eigenvalue weighted by Crippen LogP contribution is -2.34. The lowest BCUT2D eigenvalue weighted by molar-refractivity contribution is -0.274. The standard InChI is InChI=1S/C25H26ClF3N4O4/c26-17-9-19-20(10-22(17)37-25(27,28)29)31-23(30-19)11-18-15-5-1-2-6-16(15)24(36)33(32-18)12-14(34)8-13-4-3-7-21(13)35/h9-10,13,21,35H,1-8,11-12H2,(H,30,31)/t13-,21+/m1/s1. The number of Topliss-reactive ketones (excluding diaryl/α,β-unsaturated/α-hetero) is 1. The zero-order valence-corrected chi connectivity index (χ0v) is 20.7. The summed E-state index contributed by atoms with van der Waals surface area (Å²) in [6, 6.07) is 2.43. The number of alkyl halides is 3. The Balaban J connectivity index is 1.44. The number of aliphatic hydroxyl groups excluding tert-OH is 1. The van der Waals surface area contributed by atoms with Crippen LogP contribution in [-0.2, 0) is 30.6 Å². The molecule has 2 heterocycles. The van der Waals surface area contributed by atoms with Gasteiger partial charge in [-0.25, -0.2) is 9.67 Å². The predicted octanol–water partition coefficient (Wildman–Crippen LogP) is 4.26. The molecule has 1 saturated carbocycles. The Morgan fingerprint density at radius 1 is 1.19 bits per heavy atom. The van der Waals surface area contributed by atoms with Gasteiger partial charge in [0.25, 0.3) is 5.56 Å². The summed E-state index contributed by atoms with van der Waals surface area (Å²) in [5, 5.41) is 14.4. The molecule has 12 heteroatoms. The van der Waals surface area contributed by atoms with Crippen LogP contribution < -0.4 is 10.3 Å². The second-order valence-corrected chi connectivity index (χ2v) is 10.2. The van der Waals surface area contributed by atoms with Gasteiger partial charge in [0, 0.05) is 18.1 Å². The summed E-state index contributed by atoms with van der Waals surface area (Å²) in [5.74, 6) is -0.359. The van der Waals surface area contributed by atoms with Crippen LogP contribution in [0.2, 0.25) is 5.02 Å². The number of ether oxygens (including phenoxy) is 1. The fourth-order valence-corrected chi connectivity index (χ4v) is 5.61. The molecule has 1 aromatic carbocycles. The molecule has 0 bridgehead atoms. The van der Waals surface area contributed by atoms with Crippen LogP contribution in [0.5, 0.6) is 5.75 Å². The third-order valence-corrected chi connectivity index (χ3v) is 7.43. The van der Waals surface area contributed by atoms with Crippen molar-refractivity contribution in [3.8, 4) is 5.75 Å². The van der Waals surface area contributed by atoms with Crippen molar-refractivity contribution < 1.29 is 27.8 Å². The van der Waals surface area contributed by atoms with Gasteiger partial charge in [0.15, 0.2) is 5.78 Å². The van der Waals surface area contributed by atoms with Gasteiger partial charge in [-0.3, -0.25) is 9.59 Å². The summed E-state index contributed by atoms with van der Waals surface area (Å²) in [7, 11) is 0. The summed E-state index contributed by atoms with van der Waals surface area (Å²) < 4.78 is 43.2. The highest BCUT2D eigenvalue weighted by atomic mass is 35.5. The average molecular weight is 539 g/mol. The first-order valence-electron chi connectivity index (χ1n) is 12.3. The molecule has 3 aromatic rings. The minimum absolute atomic E-state index is 0.0890. The number of nitrogens with zero attached hydrogens (tertiary/aromatic N) is 3. The third kappa shape index (κ3) is 5.67. The maximum absolute atomic E-state index is 13.1. The highest BCUT2D eigenvalue weighted by molar-refractivity contribution is 6.32. The number of carbonyl (C=O) groups excluding carboxylic acids is 1. The number of imidazole rings is 1. The Morgan fingerprint density at radius 2 is 1.95 bits per heavy atom. The quantitative estimate of drug-likeness (QED) is 0.465. The Hall–Kier alpha value is -2.92. The molecule has 0 spiro atoms. The molecule has 198 valence electrons. The van der Waals surface area contributed by atoms with Gasteiger partial charge in [0.2, 0.25) is 0 Å². The summed E-state index contributed by atoms with van der Waals surface area (Å²) in [5.41, 5.74) is 2.48. The average Bonchev–Trinajstić information content (AvgIpc) is 3.41. The van der Waals surface area contributed by atoms with E-state index < -0.39 is 18.2 Å². The number of fused-ring (bicyclic) bond motifs is 2. The van der Waals surface area contributed by atoms with E-state index in [0.29, 0.717) is 41.9 Å². The number of carbonyl (C=O) groups is 1. The molecular weight excluding hydrogens is 513 g/mol. The molecule has 37 heavy (non-hydrogen) atoms. The van der Waals surface area contributed by atoms with Crippen LogP contribution in [-0.4, -0.2) is 43.1 Å². The number of aromatic nitrogens is 4. The van der Waals surface area contributed by atoms with E-state index in [0.717, 1.165) is 37.3 Å². The Bertz CT molecular complexity index is 1400. The van der Waals surface area contributed by atoms with Crippen LogP contribution in [0.25, 0.3) is 11.0 Å². The van der Waals surface area contributed by atoms with Gasteiger partial charge in [0.05, 0.1) is 34.3 Å². The van der Waals surface area contributed by atoms with Gasteiger partial charge < -0.3 is 14.8 Å². The number of hydrogen-bond acceptors (Lipinski definition) is 6. The molecule has 2 atom stereocenters. The fourth-order valence-electron chi connectivity index (χ4n) is 5.40. The molecule has 0 amide bonds. The Labute approximate surface area is 214 Å². The first kappa shape index (κ1) is 25.7.